The molecular formula is C21H25NO2. The second-order valence-electron chi connectivity index (χ2n) is 5.83. The molecule has 2 aromatic rings. The van der Waals surface area contributed by atoms with E-state index in [1.807, 2.05) is 25.1 Å². The maximum atomic E-state index is 12.0. The van der Waals surface area contributed by atoms with Gasteiger partial charge in [0.1, 0.15) is 0 Å². The number of rotatable bonds is 8. The van der Waals surface area contributed by atoms with E-state index >= 15 is 0 Å². The number of unbranched alkanes of at least 4 members (excludes halogenated alkanes) is 1. The zero-order valence-corrected chi connectivity index (χ0v) is 14.2. The fraction of sp³-hybridized carbons (Fsp3) is 0.286. The van der Waals surface area contributed by atoms with Crippen molar-refractivity contribution < 1.29 is 10.0 Å². The zero-order valence-electron chi connectivity index (χ0n) is 14.2. The van der Waals surface area contributed by atoms with Crippen LogP contribution in [-0.2, 0) is 6.42 Å². The number of benzene rings is 2. The van der Waals surface area contributed by atoms with Crippen LogP contribution in [-0.4, -0.2) is 22.7 Å². The lowest BCUT2D eigenvalue weighted by Gasteiger charge is -2.14. The van der Waals surface area contributed by atoms with E-state index in [-0.39, 0.29) is 5.91 Å². The van der Waals surface area contributed by atoms with Crippen LogP contribution in [0.4, 0.5) is 0 Å². The van der Waals surface area contributed by atoms with Gasteiger partial charge >= 0.3 is 0 Å². The lowest BCUT2D eigenvalue weighted by atomic mass is 10.1. The van der Waals surface area contributed by atoms with Crippen LogP contribution in [0, 0.1) is 0 Å². The molecule has 0 fully saturated rings. The van der Waals surface area contributed by atoms with E-state index in [0.29, 0.717) is 12.1 Å². The van der Waals surface area contributed by atoms with Crippen LogP contribution < -0.4 is 0 Å². The average Bonchev–Trinajstić information content (AvgIpc) is 2.64. The normalized spacial score (nSPS) is 10.9. The Balaban J connectivity index is 1.85. The quantitative estimate of drug-likeness (QED) is 0.551. The number of hydroxylamine groups is 2. The SMILES string of the molecule is CCCCN(O)C(=O)c1ccc(C=CCCc2ccccc2)cc1. The summed E-state index contributed by atoms with van der Waals surface area (Å²) >= 11 is 0. The summed E-state index contributed by atoms with van der Waals surface area (Å²) in [5.41, 5.74) is 2.89. The van der Waals surface area contributed by atoms with E-state index in [1.165, 1.54) is 5.56 Å². The van der Waals surface area contributed by atoms with Crippen molar-refractivity contribution in [3.8, 4) is 0 Å². The number of nitrogens with zero attached hydrogens (tertiary/aromatic N) is 1. The molecule has 0 aliphatic heterocycles. The number of carbonyl (C=O) groups excluding carboxylic acids is 1. The van der Waals surface area contributed by atoms with Gasteiger partial charge in [-0.25, -0.2) is 5.06 Å². The summed E-state index contributed by atoms with van der Waals surface area (Å²) in [6.07, 6.45) is 7.94. The molecule has 0 bridgehead atoms. The second-order valence-corrected chi connectivity index (χ2v) is 5.83. The maximum Gasteiger partial charge on any atom is 0.277 e. The highest BCUT2D eigenvalue weighted by Gasteiger charge is 2.12. The topological polar surface area (TPSA) is 40.5 Å². The third kappa shape index (κ3) is 5.67. The summed E-state index contributed by atoms with van der Waals surface area (Å²) in [5, 5.41) is 10.5. The minimum Gasteiger partial charge on any atom is -0.286 e. The number of carbonyl (C=O) groups is 1. The molecule has 3 nitrogen and oxygen atoms in total. The monoisotopic (exact) mass is 323 g/mol. The Kier molecular flexibility index (Phi) is 7.24. The Morgan fingerprint density at radius 1 is 1.08 bits per heavy atom. The Hall–Kier alpha value is -2.39. The van der Waals surface area contributed by atoms with Gasteiger partial charge in [0.05, 0.1) is 0 Å². The summed E-state index contributed by atoms with van der Waals surface area (Å²) in [6, 6.07) is 17.7. The van der Waals surface area contributed by atoms with E-state index in [1.54, 1.807) is 12.1 Å². The van der Waals surface area contributed by atoms with Crippen molar-refractivity contribution >= 4 is 12.0 Å². The largest absolute Gasteiger partial charge is 0.286 e. The van der Waals surface area contributed by atoms with Crippen molar-refractivity contribution in [1.29, 1.82) is 0 Å². The van der Waals surface area contributed by atoms with Crippen LogP contribution in [0.3, 0.4) is 0 Å². The van der Waals surface area contributed by atoms with Gasteiger partial charge in [-0.2, -0.15) is 0 Å². The third-order valence-electron chi connectivity index (χ3n) is 3.87. The number of hydrogen-bond acceptors (Lipinski definition) is 2. The molecule has 3 heteroatoms. The van der Waals surface area contributed by atoms with Gasteiger partial charge < -0.3 is 0 Å². The van der Waals surface area contributed by atoms with E-state index in [2.05, 4.69) is 36.4 Å². The molecule has 0 atom stereocenters. The number of allylic oxidation sites excluding steroid dienone is 1. The van der Waals surface area contributed by atoms with Crippen molar-refractivity contribution in [2.75, 3.05) is 6.54 Å². The van der Waals surface area contributed by atoms with Crippen LogP contribution in [0.1, 0.15) is 47.7 Å². The first-order valence-electron chi connectivity index (χ1n) is 8.52. The minimum atomic E-state index is -0.344. The molecule has 0 unspecified atom stereocenters. The molecule has 2 rings (SSSR count). The van der Waals surface area contributed by atoms with Crippen molar-refractivity contribution in [3.05, 3.63) is 77.4 Å². The molecule has 0 aliphatic carbocycles. The first-order valence-corrected chi connectivity index (χ1v) is 8.52. The molecular weight excluding hydrogens is 298 g/mol. The molecule has 0 spiro atoms. The molecule has 0 aliphatic rings. The standard InChI is InChI=1S/C21H25NO2/c1-2-3-17-22(24)21(23)20-15-13-19(14-16-20)12-8-7-11-18-9-5-4-6-10-18/h4-6,8-10,12-16,24H,2-3,7,11,17H2,1H3. The van der Waals surface area contributed by atoms with E-state index < -0.39 is 0 Å². The third-order valence-corrected chi connectivity index (χ3v) is 3.87. The average molecular weight is 323 g/mol. The Bertz CT molecular complexity index is 647. The number of aryl methyl sites for hydroxylation is 1. The Morgan fingerprint density at radius 3 is 2.46 bits per heavy atom. The number of amides is 1. The summed E-state index contributed by atoms with van der Waals surface area (Å²) in [6.45, 7) is 2.40. The molecule has 0 heterocycles. The van der Waals surface area contributed by atoms with Gasteiger partial charge in [0.15, 0.2) is 0 Å². The molecule has 1 amide bonds. The van der Waals surface area contributed by atoms with Crippen molar-refractivity contribution in [3.63, 3.8) is 0 Å². The highest BCUT2D eigenvalue weighted by atomic mass is 16.5. The van der Waals surface area contributed by atoms with E-state index in [9.17, 15) is 10.0 Å². The fourth-order valence-electron chi connectivity index (χ4n) is 2.41. The van der Waals surface area contributed by atoms with Gasteiger partial charge in [0.25, 0.3) is 5.91 Å². The van der Waals surface area contributed by atoms with Crippen LogP contribution in [0.25, 0.3) is 6.08 Å². The highest BCUT2D eigenvalue weighted by molar-refractivity contribution is 5.93. The summed E-state index contributed by atoms with van der Waals surface area (Å²) < 4.78 is 0. The molecule has 0 saturated carbocycles. The van der Waals surface area contributed by atoms with Crippen LogP contribution in [0.5, 0.6) is 0 Å². The fourth-order valence-corrected chi connectivity index (χ4v) is 2.41. The summed E-state index contributed by atoms with van der Waals surface area (Å²) in [7, 11) is 0. The van der Waals surface area contributed by atoms with Gasteiger partial charge in [-0.3, -0.25) is 10.0 Å². The minimum absolute atomic E-state index is 0.344. The van der Waals surface area contributed by atoms with Crippen molar-refractivity contribution in [2.24, 2.45) is 0 Å². The van der Waals surface area contributed by atoms with Crippen molar-refractivity contribution in [2.45, 2.75) is 32.6 Å². The summed E-state index contributed by atoms with van der Waals surface area (Å²) in [4.78, 5) is 12.0. The van der Waals surface area contributed by atoms with Crippen molar-refractivity contribution in [1.82, 2.24) is 5.06 Å². The molecule has 24 heavy (non-hydrogen) atoms. The molecule has 0 aromatic heterocycles. The predicted octanol–water partition coefficient (Wildman–Crippen LogP) is 4.96. The van der Waals surface area contributed by atoms with Gasteiger partial charge in [-0.05, 0) is 42.5 Å². The zero-order chi connectivity index (χ0) is 17.2. The van der Waals surface area contributed by atoms with Crippen LogP contribution in [0.2, 0.25) is 0 Å². The van der Waals surface area contributed by atoms with Gasteiger partial charge in [-0.1, -0.05) is 68.0 Å². The van der Waals surface area contributed by atoms with E-state index in [4.69, 9.17) is 0 Å². The first-order chi connectivity index (χ1) is 11.7. The lowest BCUT2D eigenvalue weighted by Crippen LogP contribution is -2.28. The second kappa shape index (κ2) is 9.68. The van der Waals surface area contributed by atoms with Gasteiger partial charge in [0.2, 0.25) is 0 Å². The molecule has 2 aromatic carbocycles. The molecule has 126 valence electrons. The molecule has 1 N–H and O–H groups in total. The molecule has 0 radical (unpaired) electrons. The smallest absolute Gasteiger partial charge is 0.277 e. The lowest BCUT2D eigenvalue weighted by molar-refractivity contribution is -0.0586. The highest BCUT2D eigenvalue weighted by Crippen LogP contribution is 2.10. The number of hydrogen-bond donors (Lipinski definition) is 1. The predicted molar refractivity (Wildman–Crippen MR) is 98.0 cm³/mol. The summed E-state index contributed by atoms with van der Waals surface area (Å²) in [5.74, 6) is -0.344. The van der Waals surface area contributed by atoms with Gasteiger partial charge in [0, 0.05) is 12.1 Å². The van der Waals surface area contributed by atoms with Crippen LogP contribution in [0.15, 0.2) is 60.7 Å². The van der Waals surface area contributed by atoms with Gasteiger partial charge in [-0.15, -0.1) is 0 Å². The molecule has 0 saturated heterocycles. The van der Waals surface area contributed by atoms with E-state index in [0.717, 1.165) is 36.3 Å². The maximum absolute atomic E-state index is 12.0. The Labute approximate surface area is 144 Å². The van der Waals surface area contributed by atoms with Crippen LogP contribution >= 0.6 is 0 Å². The Morgan fingerprint density at radius 2 is 1.79 bits per heavy atom. The first kappa shape index (κ1) is 18.0.